The second kappa shape index (κ2) is 7.06. The summed E-state index contributed by atoms with van der Waals surface area (Å²) in [4.78, 5) is 10.3. The van der Waals surface area contributed by atoms with Crippen molar-refractivity contribution >= 4 is 5.91 Å². The summed E-state index contributed by atoms with van der Waals surface area (Å²) in [6, 6.07) is 0. The molecule has 1 amide bonds. The quantitative estimate of drug-likeness (QED) is 0.460. The lowest BCUT2D eigenvalue weighted by molar-refractivity contribution is -0.118. The summed E-state index contributed by atoms with van der Waals surface area (Å²) in [6.07, 6.45) is 1.90. The summed E-state index contributed by atoms with van der Waals surface area (Å²) in [6.45, 7) is 3.17. The van der Waals surface area contributed by atoms with Crippen molar-refractivity contribution in [2.75, 3.05) is 13.1 Å². The van der Waals surface area contributed by atoms with Crippen LogP contribution in [0.4, 0.5) is 0 Å². The SMILES string of the molecule is C[C@H](O)CNCCCCC(N)=O. The molecule has 0 saturated heterocycles. The monoisotopic (exact) mass is 174 g/mol. The Morgan fingerprint density at radius 2 is 2.25 bits per heavy atom. The Hall–Kier alpha value is -0.610. The largest absolute Gasteiger partial charge is 0.392 e. The highest BCUT2D eigenvalue weighted by Gasteiger charge is 1.95. The molecule has 4 nitrogen and oxygen atoms in total. The van der Waals surface area contributed by atoms with Crippen molar-refractivity contribution in [1.29, 1.82) is 0 Å². The molecule has 0 bridgehead atoms. The fourth-order valence-corrected chi connectivity index (χ4v) is 0.860. The number of carbonyl (C=O) groups is 1. The van der Waals surface area contributed by atoms with Gasteiger partial charge in [0.15, 0.2) is 0 Å². The van der Waals surface area contributed by atoms with Crippen LogP contribution in [-0.2, 0) is 4.79 Å². The summed E-state index contributed by atoms with van der Waals surface area (Å²) in [5.41, 5.74) is 4.96. The number of aliphatic hydroxyl groups excluding tert-OH is 1. The Labute approximate surface area is 73.1 Å². The van der Waals surface area contributed by atoms with Crippen LogP contribution in [0.25, 0.3) is 0 Å². The molecule has 0 aromatic rings. The van der Waals surface area contributed by atoms with Crippen LogP contribution in [0.1, 0.15) is 26.2 Å². The van der Waals surface area contributed by atoms with Crippen molar-refractivity contribution in [3.8, 4) is 0 Å². The predicted octanol–water partition coefficient (Wildman–Crippen LogP) is -0.388. The van der Waals surface area contributed by atoms with E-state index < -0.39 is 0 Å². The number of hydrogen-bond donors (Lipinski definition) is 3. The highest BCUT2D eigenvalue weighted by Crippen LogP contribution is 1.92. The van der Waals surface area contributed by atoms with Crippen molar-refractivity contribution in [3.05, 3.63) is 0 Å². The molecule has 72 valence electrons. The molecule has 4 N–H and O–H groups in total. The van der Waals surface area contributed by atoms with E-state index in [4.69, 9.17) is 10.8 Å². The summed E-state index contributed by atoms with van der Waals surface area (Å²) in [5.74, 6) is -0.245. The van der Waals surface area contributed by atoms with Gasteiger partial charge >= 0.3 is 0 Å². The van der Waals surface area contributed by atoms with Gasteiger partial charge in [-0.15, -0.1) is 0 Å². The molecular formula is C8H18N2O2. The number of primary amides is 1. The van der Waals surface area contributed by atoms with Crippen molar-refractivity contribution < 1.29 is 9.90 Å². The van der Waals surface area contributed by atoms with Crippen molar-refractivity contribution in [1.82, 2.24) is 5.32 Å². The normalized spacial score (nSPS) is 12.8. The van der Waals surface area contributed by atoms with E-state index in [1.807, 2.05) is 0 Å². The third-order valence-corrected chi connectivity index (χ3v) is 1.47. The summed E-state index contributed by atoms with van der Waals surface area (Å²) >= 11 is 0. The third-order valence-electron chi connectivity index (χ3n) is 1.47. The van der Waals surface area contributed by atoms with Gasteiger partial charge in [0.2, 0.25) is 5.91 Å². The van der Waals surface area contributed by atoms with Crippen LogP contribution >= 0.6 is 0 Å². The molecule has 0 aliphatic heterocycles. The number of hydrogen-bond acceptors (Lipinski definition) is 3. The van der Waals surface area contributed by atoms with Crippen molar-refractivity contribution in [2.24, 2.45) is 5.73 Å². The average molecular weight is 174 g/mol. The Morgan fingerprint density at radius 1 is 1.58 bits per heavy atom. The zero-order chi connectivity index (χ0) is 9.40. The van der Waals surface area contributed by atoms with Gasteiger partial charge in [0, 0.05) is 13.0 Å². The molecule has 0 radical (unpaired) electrons. The minimum Gasteiger partial charge on any atom is -0.392 e. The minimum atomic E-state index is -0.304. The molecule has 0 unspecified atom stereocenters. The molecule has 0 saturated carbocycles. The summed E-state index contributed by atoms with van der Waals surface area (Å²) in [5, 5.41) is 11.9. The average Bonchev–Trinajstić information content (AvgIpc) is 1.95. The molecule has 0 heterocycles. The zero-order valence-corrected chi connectivity index (χ0v) is 7.55. The number of carbonyl (C=O) groups excluding carboxylic acids is 1. The molecule has 0 aromatic heterocycles. The molecule has 1 atom stereocenters. The maximum atomic E-state index is 10.3. The maximum absolute atomic E-state index is 10.3. The first-order valence-electron chi connectivity index (χ1n) is 4.30. The van der Waals surface area contributed by atoms with E-state index >= 15 is 0 Å². The zero-order valence-electron chi connectivity index (χ0n) is 7.55. The lowest BCUT2D eigenvalue weighted by atomic mass is 10.2. The highest BCUT2D eigenvalue weighted by molar-refractivity contribution is 5.73. The van der Waals surface area contributed by atoms with E-state index in [1.54, 1.807) is 6.92 Å². The van der Waals surface area contributed by atoms with Gasteiger partial charge in [0.1, 0.15) is 0 Å². The van der Waals surface area contributed by atoms with Gasteiger partial charge in [-0.05, 0) is 26.3 Å². The number of rotatable bonds is 7. The van der Waals surface area contributed by atoms with Crippen LogP contribution < -0.4 is 11.1 Å². The fraction of sp³-hybridized carbons (Fsp3) is 0.875. The van der Waals surface area contributed by atoms with Gasteiger partial charge in [0.05, 0.1) is 6.10 Å². The van der Waals surface area contributed by atoms with Crippen molar-refractivity contribution in [2.45, 2.75) is 32.3 Å². The molecular weight excluding hydrogens is 156 g/mol. The Balaban J connectivity index is 2.96. The molecule has 0 aliphatic carbocycles. The Bertz CT molecular complexity index is 126. The van der Waals surface area contributed by atoms with Gasteiger partial charge < -0.3 is 16.2 Å². The second-order valence-electron chi connectivity index (χ2n) is 2.98. The van der Waals surface area contributed by atoms with E-state index in [2.05, 4.69) is 5.32 Å². The van der Waals surface area contributed by atoms with Crippen molar-refractivity contribution in [3.63, 3.8) is 0 Å². The molecule has 0 fully saturated rings. The number of nitrogens with one attached hydrogen (secondary N) is 1. The Morgan fingerprint density at radius 3 is 2.75 bits per heavy atom. The maximum Gasteiger partial charge on any atom is 0.217 e. The minimum absolute atomic E-state index is 0.245. The van der Waals surface area contributed by atoms with Crippen LogP contribution in [0.15, 0.2) is 0 Å². The lowest BCUT2D eigenvalue weighted by Crippen LogP contribution is -2.25. The lowest BCUT2D eigenvalue weighted by Gasteiger charge is -2.05. The molecule has 12 heavy (non-hydrogen) atoms. The molecule has 4 heteroatoms. The topological polar surface area (TPSA) is 75.3 Å². The van der Waals surface area contributed by atoms with Crippen LogP contribution in [0.2, 0.25) is 0 Å². The van der Waals surface area contributed by atoms with Gasteiger partial charge in [0.25, 0.3) is 0 Å². The van der Waals surface area contributed by atoms with E-state index in [-0.39, 0.29) is 12.0 Å². The fourth-order valence-electron chi connectivity index (χ4n) is 0.860. The molecule has 0 rings (SSSR count). The summed E-state index contributed by atoms with van der Waals surface area (Å²) < 4.78 is 0. The number of amides is 1. The van der Waals surface area contributed by atoms with Gasteiger partial charge in [-0.25, -0.2) is 0 Å². The first kappa shape index (κ1) is 11.4. The van der Waals surface area contributed by atoms with Crippen LogP contribution in [-0.4, -0.2) is 30.2 Å². The molecule has 0 aliphatic rings. The first-order chi connectivity index (χ1) is 5.63. The number of unbranched alkanes of at least 4 members (excludes halogenated alkanes) is 1. The van der Waals surface area contributed by atoms with Crippen LogP contribution in [0, 0.1) is 0 Å². The third kappa shape index (κ3) is 9.39. The molecule has 0 aromatic carbocycles. The van der Waals surface area contributed by atoms with Crippen LogP contribution in [0.5, 0.6) is 0 Å². The standard InChI is InChI=1S/C8H18N2O2/c1-7(11)6-10-5-3-2-4-8(9)12/h7,10-11H,2-6H2,1H3,(H2,9,12)/t7-/m0/s1. The predicted molar refractivity (Wildman–Crippen MR) is 47.6 cm³/mol. The van der Waals surface area contributed by atoms with E-state index in [0.29, 0.717) is 13.0 Å². The Kier molecular flexibility index (Phi) is 6.70. The summed E-state index contributed by atoms with van der Waals surface area (Å²) in [7, 11) is 0. The van der Waals surface area contributed by atoms with E-state index in [0.717, 1.165) is 19.4 Å². The van der Waals surface area contributed by atoms with E-state index in [1.165, 1.54) is 0 Å². The first-order valence-corrected chi connectivity index (χ1v) is 4.30. The highest BCUT2D eigenvalue weighted by atomic mass is 16.3. The second-order valence-corrected chi connectivity index (χ2v) is 2.98. The van der Waals surface area contributed by atoms with Crippen LogP contribution in [0.3, 0.4) is 0 Å². The smallest absolute Gasteiger partial charge is 0.217 e. The van der Waals surface area contributed by atoms with Gasteiger partial charge in [-0.2, -0.15) is 0 Å². The number of nitrogens with two attached hydrogens (primary N) is 1. The van der Waals surface area contributed by atoms with E-state index in [9.17, 15) is 4.79 Å². The number of aliphatic hydroxyl groups is 1. The van der Waals surface area contributed by atoms with Gasteiger partial charge in [-0.1, -0.05) is 0 Å². The van der Waals surface area contributed by atoms with Gasteiger partial charge in [-0.3, -0.25) is 4.79 Å². The molecule has 0 spiro atoms.